The maximum atomic E-state index is 12.6. The summed E-state index contributed by atoms with van der Waals surface area (Å²) in [6.07, 6.45) is 4.08. The van der Waals surface area contributed by atoms with E-state index < -0.39 is 10.0 Å². The second-order valence-electron chi connectivity index (χ2n) is 6.18. The molecule has 2 N–H and O–H groups in total. The topological polar surface area (TPSA) is 58.2 Å². The van der Waals surface area contributed by atoms with E-state index in [9.17, 15) is 8.42 Å². The third-order valence-electron chi connectivity index (χ3n) is 4.52. The molecule has 3 heterocycles. The maximum absolute atomic E-state index is 12.6. The fraction of sp³-hybridized carbons (Fsp3) is 0.467. The van der Waals surface area contributed by atoms with Crippen LogP contribution in [0.4, 0.5) is 0 Å². The standard InChI is InChI=1S/C15H17ClN2O2S2/c16-10-1-4-14-9(5-10)6-15(21-14)22(19,20)18-13-7-11-2-3-12(8-13)17-11/h1,4-6,11-13,17-18H,2-3,7-8H2. The SMILES string of the molecule is O=S(=O)(NC1CC2CCC(C1)N2)c1cc2cc(Cl)ccc2s1. The molecule has 2 fully saturated rings. The fourth-order valence-corrected chi connectivity index (χ4v) is 6.39. The van der Waals surface area contributed by atoms with Crippen molar-refractivity contribution < 1.29 is 8.42 Å². The molecule has 2 saturated heterocycles. The summed E-state index contributed by atoms with van der Waals surface area (Å²) in [4.78, 5) is 0. The van der Waals surface area contributed by atoms with Crippen LogP contribution in [0.5, 0.6) is 0 Å². The Kier molecular flexibility index (Phi) is 3.70. The highest BCUT2D eigenvalue weighted by Gasteiger charge is 2.35. The smallest absolute Gasteiger partial charge is 0.250 e. The molecule has 2 atom stereocenters. The number of sulfonamides is 1. The number of benzene rings is 1. The Hall–Kier alpha value is -0.660. The van der Waals surface area contributed by atoms with Crippen LogP contribution in [0.25, 0.3) is 10.1 Å². The average Bonchev–Trinajstić information content (AvgIpc) is 3.02. The van der Waals surface area contributed by atoms with E-state index in [2.05, 4.69) is 10.0 Å². The van der Waals surface area contributed by atoms with E-state index >= 15 is 0 Å². The van der Waals surface area contributed by atoms with Crippen molar-refractivity contribution in [1.29, 1.82) is 0 Å². The van der Waals surface area contributed by atoms with Crippen LogP contribution in [0.3, 0.4) is 0 Å². The molecule has 0 saturated carbocycles. The van der Waals surface area contributed by atoms with Crippen molar-refractivity contribution in [2.45, 2.75) is 48.0 Å². The van der Waals surface area contributed by atoms with Gasteiger partial charge in [0, 0.05) is 27.8 Å². The van der Waals surface area contributed by atoms with Crippen molar-refractivity contribution in [2.75, 3.05) is 0 Å². The zero-order chi connectivity index (χ0) is 15.3. The van der Waals surface area contributed by atoms with Gasteiger partial charge in [0.25, 0.3) is 0 Å². The van der Waals surface area contributed by atoms with Crippen molar-refractivity contribution >= 4 is 43.0 Å². The van der Waals surface area contributed by atoms with E-state index in [1.54, 1.807) is 18.2 Å². The van der Waals surface area contributed by atoms with Gasteiger partial charge in [0.05, 0.1) is 0 Å². The highest BCUT2D eigenvalue weighted by molar-refractivity contribution is 7.91. The Morgan fingerprint density at radius 1 is 1.18 bits per heavy atom. The first-order valence-electron chi connectivity index (χ1n) is 7.47. The van der Waals surface area contributed by atoms with Gasteiger partial charge in [0.15, 0.2) is 0 Å². The summed E-state index contributed by atoms with van der Waals surface area (Å²) in [7, 11) is -3.46. The van der Waals surface area contributed by atoms with Gasteiger partial charge in [-0.15, -0.1) is 11.3 Å². The van der Waals surface area contributed by atoms with E-state index in [4.69, 9.17) is 11.6 Å². The predicted molar refractivity (Wildman–Crippen MR) is 90.1 cm³/mol. The third kappa shape index (κ3) is 2.78. The number of piperidine rings is 1. The Morgan fingerprint density at radius 3 is 2.64 bits per heavy atom. The maximum Gasteiger partial charge on any atom is 0.250 e. The number of halogens is 1. The third-order valence-corrected chi connectivity index (χ3v) is 7.86. The largest absolute Gasteiger partial charge is 0.311 e. The van der Waals surface area contributed by atoms with Gasteiger partial charge < -0.3 is 5.32 Å². The Labute approximate surface area is 138 Å². The quantitative estimate of drug-likeness (QED) is 0.888. The Morgan fingerprint density at radius 2 is 1.91 bits per heavy atom. The summed E-state index contributed by atoms with van der Waals surface area (Å²) in [6.45, 7) is 0. The van der Waals surface area contributed by atoms with Gasteiger partial charge in [-0.1, -0.05) is 11.6 Å². The van der Waals surface area contributed by atoms with Gasteiger partial charge in [-0.2, -0.15) is 0 Å². The molecule has 2 aromatic rings. The number of hydrogen-bond acceptors (Lipinski definition) is 4. The molecule has 0 aliphatic carbocycles. The molecule has 118 valence electrons. The molecule has 2 bridgehead atoms. The number of thiophene rings is 1. The zero-order valence-electron chi connectivity index (χ0n) is 11.9. The molecule has 0 spiro atoms. The van der Waals surface area contributed by atoms with E-state index in [1.807, 2.05) is 6.07 Å². The molecular formula is C15H17ClN2O2S2. The summed E-state index contributed by atoms with van der Waals surface area (Å²) in [5, 5.41) is 5.03. The van der Waals surface area contributed by atoms with Gasteiger partial charge in [-0.3, -0.25) is 0 Å². The van der Waals surface area contributed by atoms with Gasteiger partial charge in [0.1, 0.15) is 4.21 Å². The van der Waals surface area contributed by atoms with Crippen LogP contribution < -0.4 is 10.0 Å². The lowest BCUT2D eigenvalue weighted by Gasteiger charge is -2.29. The minimum absolute atomic E-state index is 0.0394. The Balaban J connectivity index is 1.59. The average molecular weight is 357 g/mol. The van der Waals surface area contributed by atoms with Crippen molar-refractivity contribution in [1.82, 2.24) is 10.0 Å². The molecule has 1 aromatic heterocycles. The molecule has 4 nitrogen and oxygen atoms in total. The fourth-order valence-electron chi connectivity index (χ4n) is 3.55. The van der Waals surface area contributed by atoms with Crippen LogP contribution in [-0.4, -0.2) is 26.5 Å². The summed E-state index contributed by atoms with van der Waals surface area (Å²) in [6, 6.07) is 8.14. The minimum atomic E-state index is -3.46. The molecule has 22 heavy (non-hydrogen) atoms. The van der Waals surface area contributed by atoms with Crippen molar-refractivity contribution in [3.05, 3.63) is 29.3 Å². The molecule has 7 heteroatoms. The van der Waals surface area contributed by atoms with Crippen LogP contribution in [-0.2, 0) is 10.0 Å². The van der Waals surface area contributed by atoms with Crippen molar-refractivity contribution in [3.8, 4) is 0 Å². The van der Waals surface area contributed by atoms with Crippen LogP contribution in [0.2, 0.25) is 5.02 Å². The number of hydrogen-bond donors (Lipinski definition) is 2. The van der Waals surface area contributed by atoms with Gasteiger partial charge in [0.2, 0.25) is 10.0 Å². The second-order valence-corrected chi connectivity index (χ2v) is 9.64. The van der Waals surface area contributed by atoms with Gasteiger partial charge >= 0.3 is 0 Å². The first kappa shape index (κ1) is 14.9. The molecular weight excluding hydrogens is 340 g/mol. The van der Waals surface area contributed by atoms with Crippen LogP contribution in [0, 0.1) is 0 Å². The zero-order valence-corrected chi connectivity index (χ0v) is 14.3. The first-order chi connectivity index (χ1) is 10.5. The van der Waals surface area contributed by atoms with Crippen molar-refractivity contribution in [3.63, 3.8) is 0 Å². The van der Waals surface area contributed by atoms with E-state index in [0.29, 0.717) is 21.3 Å². The monoisotopic (exact) mass is 356 g/mol. The lowest BCUT2D eigenvalue weighted by Crippen LogP contribution is -2.47. The molecule has 2 aliphatic heterocycles. The molecule has 0 radical (unpaired) electrons. The number of rotatable bonds is 3. The van der Waals surface area contributed by atoms with Gasteiger partial charge in [-0.05, 0) is 55.3 Å². The van der Waals surface area contributed by atoms with Gasteiger partial charge in [-0.25, -0.2) is 13.1 Å². The molecule has 2 aliphatic rings. The summed E-state index contributed by atoms with van der Waals surface area (Å²) < 4.78 is 29.5. The Bertz CT molecular complexity index is 806. The lowest BCUT2D eigenvalue weighted by molar-refractivity contribution is 0.345. The molecule has 0 amide bonds. The van der Waals surface area contributed by atoms with Crippen molar-refractivity contribution in [2.24, 2.45) is 0 Å². The lowest BCUT2D eigenvalue weighted by atomic mass is 10.0. The van der Waals surface area contributed by atoms with E-state index in [0.717, 1.165) is 35.8 Å². The molecule has 4 rings (SSSR count). The number of nitrogens with one attached hydrogen (secondary N) is 2. The molecule has 2 unspecified atom stereocenters. The second kappa shape index (κ2) is 5.46. The van der Waals surface area contributed by atoms with Crippen LogP contribution in [0.1, 0.15) is 25.7 Å². The van der Waals surface area contributed by atoms with Crippen LogP contribution >= 0.6 is 22.9 Å². The highest BCUT2D eigenvalue weighted by Crippen LogP contribution is 2.32. The summed E-state index contributed by atoms with van der Waals surface area (Å²) in [5.74, 6) is 0. The summed E-state index contributed by atoms with van der Waals surface area (Å²) >= 11 is 7.26. The summed E-state index contributed by atoms with van der Waals surface area (Å²) in [5.41, 5.74) is 0. The predicted octanol–water partition coefficient (Wildman–Crippen LogP) is 3.12. The van der Waals surface area contributed by atoms with E-state index in [-0.39, 0.29) is 6.04 Å². The highest BCUT2D eigenvalue weighted by atomic mass is 35.5. The van der Waals surface area contributed by atoms with Crippen LogP contribution in [0.15, 0.2) is 28.5 Å². The number of fused-ring (bicyclic) bond motifs is 3. The molecule has 1 aromatic carbocycles. The van der Waals surface area contributed by atoms with E-state index in [1.165, 1.54) is 11.3 Å². The minimum Gasteiger partial charge on any atom is -0.311 e. The normalized spacial score (nSPS) is 28.3. The first-order valence-corrected chi connectivity index (χ1v) is 10.1.